The van der Waals surface area contributed by atoms with Gasteiger partial charge < -0.3 is 0 Å². The summed E-state index contributed by atoms with van der Waals surface area (Å²) in [5.41, 5.74) is 6.52. The molecule has 0 atom stereocenters. The van der Waals surface area contributed by atoms with Crippen LogP contribution in [-0.2, 0) is 0 Å². The lowest BCUT2D eigenvalue weighted by molar-refractivity contribution is 0.837. The number of aromatic nitrogens is 2. The second-order valence-corrected chi connectivity index (χ2v) is 32.9. The molecule has 238 valence electrons. The SMILES string of the molecule is CC(C)[Si](c1ccc(-c2nc3c(I)c4sc(-c5ccc([Si](C(C)C)(C(C)C)C(C)C)s5)nc4c(I)c3s2)s1)(C(C)C)C(C)C. The van der Waals surface area contributed by atoms with Crippen LogP contribution < -0.4 is 9.00 Å². The molecule has 0 spiro atoms. The Bertz CT molecular complexity index is 1560. The number of fused-ring (bicyclic) bond motifs is 2. The van der Waals surface area contributed by atoms with E-state index >= 15 is 0 Å². The van der Waals surface area contributed by atoms with Crippen LogP contribution in [0, 0.1) is 7.14 Å². The minimum absolute atomic E-state index is 0.706. The molecule has 44 heavy (non-hydrogen) atoms. The van der Waals surface area contributed by atoms with Gasteiger partial charge in [-0.1, -0.05) is 95.2 Å². The summed E-state index contributed by atoms with van der Waals surface area (Å²) in [5, 5.41) is 2.31. The van der Waals surface area contributed by atoms with Crippen molar-refractivity contribution in [3.63, 3.8) is 0 Å². The third-order valence-electron chi connectivity index (χ3n) is 10.3. The molecule has 0 bridgehead atoms. The number of nitrogens with zero attached hydrogens (tertiary/aromatic N) is 2. The van der Waals surface area contributed by atoms with Crippen LogP contribution in [0.2, 0.25) is 33.2 Å². The maximum absolute atomic E-state index is 5.32. The molecule has 1 aromatic carbocycles. The van der Waals surface area contributed by atoms with Gasteiger partial charge >= 0.3 is 0 Å². The van der Waals surface area contributed by atoms with Gasteiger partial charge in [0.1, 0.15) is 26.2 Å². The summed E-state index contributed by atoms with van der Waals surface area (Å²) in [4.78, 5) is 13.3. The van der Waals surface area contributed by atoms with Gasteiger partial charge in [-0.05, 0) is 99.6 Å². The van der Waals surface area contributed by atoms with Gasteiger partial charge in [-0.3, -0.25) is 0 Å². The molecule has 0 aliphatic rings. The van der Waals surface area contributed by atoms with Gasteiger partial charge in [0.15, 0.2) is 0 Å². The Hall–Kier alpha value is 0.294. The maximum atomic E-state index is 5.32. The number of hydrogen-bond donors (Lipinski definition) is 0. The van der Waals surface area contributed by atoms with Crippen LogP contribution in [0.4, 0.5) is 0 Å². The third kappa shape index (κ3) is 5.52. The Morgan fingerprint density at radius 1 is 0.477 bits per heavy atom. The smallest absolute Gasteiger partial charge is 0.134 e. The largest absolute Gasteiger partial charge is 0.234 e. The molecule has 4 aromatic heterocycles. The lowest BCUT2D eigenvalue weighted by Gasteiger charge is -2.42. The van der Waals surface area contributed by atoms with Crippen molar-refractivity contribution < 1.29 is 0 Å². The normalized spacial score (nSPS) is 13.5. The van der Waals surface area contributed by atoms with Crippen molar-refractivity contribution in [3.05, 3.63) is 31.4 Å². The second kappa shape index (κ2) is 13.3. The van der Waals surface area contributed by atoms with Crippen molar-refractivity contribution >= 4 is 136 Å². The molecule has 5 rings (SSSR count). The Labute approximate surface area is 310 Å². The zero-order valence-electron chi connectivity index (χ0n) is 28.1. The zero-order chi connectivity index (χ0) is 32.5. The summed E-state index contributed by atoms with van der Waals surface area (Å²) >= 11 is 12.8. The summed E-state index contributed by atoms with van der Waals surface area (Å²) in [7, 11) is -3.37. The van der Waals surface area contributed by atoms with E-state index < -0.39 is 16.1 Å². The molecule has 0 unspecified atom stereocenters. The van der Waals surface area contributed by atoms with Crippen LogP contribution in [0.25, 0.3) is 40.2 Å². The molecule has 0 radical (unpaired) electrons. The number of hydrogen-bond acceptors (Lipinski definition) is 6. The Morgan fingerprint density at radius 2 is 0.773 bits per heavy atom. The first-order valence-electron chi connectivity index (χ1n) is 15.9. The highest BCUT2D eigenvalue weighted by Gasteiger charge is 2.46. The summed E-state index contributed by atoms with van der Waals surface area (Å²) in [6.45, 7) is 29.5. The molecule has 5 aromatic rings. The first-order chi connectivity index (χ1) is 20.6. The highest BCUT2D eigenvalue weighted by atomic mass is 127. The fraction of sp³-hybridized carbons (Fsp3) is 0.529. The van der Waals surface area contributed by atoms with Crippen molar-refractivity contribution in [2.45, 2.75) is 116 Å². The fourth-order valence-electron chi connectivity index (χ4n) is 8.74. The summed E-state index contributed by atoms with van der Waals surface area (Å²) in [6.07, 6.45) is 0. The minimum Gasteiger partial charge on any atom is -0.234 e. The van der Waals surface area contributed by atoms with Crippen LogP contribution >= 0.6 is 90.5 Å². The van der Waals surface area contributed by atoms with E-state index in [2.05, 4.69) is 153 Å². The van der Waals surface area contributed by atoms with Crippen LogP contribution in [0.1, 0.15) is 83.1 Å². The second-order valence-electron chi connectivity index (χ2n) is 14.1. The highest BCUT2D eigenvalue weighted by molar-refractivity contribution is 14.1. The lowest BCUT2D eigenvalue weighted by atomic mass is 10.3. The third-order valence-corrected chi connectivity index (χ3v) is 33.6. The Morgan fingerprint density at radius 3 is 1.05 bits per heavy atom. The van der Waals surface area contributed by atoms with E-state index in [0.717, 1.165) is 21.0 Å². The number of rotatable bonds is 10. The average Bonchev–Trinajstić information content (AvgIpc) is 3.72. The number of thiazole rings is 2. The summed E-state index contributed by atoms with van der Waals surface area (Å²) in [5.74, 6) is 0. The minimum atomic E-state index is -1.69. The van der Waals surface area contributed by atoms with E-state index in [1.165, 1.54) is 26.3 Å². The molecule has 0 saturated heterocycles. The lowest BCUT2D eigenvalue weighted by Crippen LogP contribution is -2.54. The Balaban J connectivity index is 1.58. The first kappa shape index (κ1) is 35.6. The van der Waals surface area contributed by atoms with Gasteiger partial charge in [-0.25, -0.2) is 9.97 Å². The fourth-order valence-corrected chi connectivity index (χ4v) is 33.2. The van der Waals surface area contributed by atoms with E-state index in [9.17, 15) is 0 Å². The molecule has 0 aliphatic heterocycles. The summed E-state index contributed by atoms with van der Waals surface area (Å²) < 4.78 is 8.33. The van der Waals surface area contributed by atoms with E-state index in [4.69, 9.17) is 9.97 Å². The predicted molar refractivity (Wildman–Crippen MR) is 226 cm³/mol. The van der Waals surface area contributed by atoms with Gasteiger partial charge in [-0.2, -0.15) is 0 Å². The van der Waals surface area contributed by atoms with Gasteiger partial charge in [-0.15, -0.1) is 45.3 Å². The van der Waals surface area contributed by atoms with Crippen LogP contribution in [0.3, 0.4) is 0 Å². The van der Waals surface area contributed by atoms with Crippen molar-refractivity contribution in [1.82, 2.24) is 9.97 Å². The van der Waals surface area contributed by atoms with Gasteiger partial charge in [0.25, 0.3) is 0 Å². The molecular formula is C34H46I2N2S4Si2. The number of halogens is 2. The molecule has 0 fully saturated rings. The van der Waals surface area contributed by atoms with Crippen molar-refractivity contribution in [2.75, 3.05) is 0 Å². The summed E-state index contributed by atoms with van der Waals surface area (Å²) in [6, 6.07) is 9.61. The van der Waals surface area contributed by atoms with E-state index in [1.807, 2.05) is 45.3 Å². The van der Waals surface area contributed by atoms with E-state index in [0.29, 0.717) is 33.2 Å². The van der Waals surface area contributed by atoms with Crippen LogP contribution in [-0.4, -0.2) is 26.1 Å². The maximum Gasteiger partial charge on any atom is 0.134 e. The molecule has 0 amide bonds. The monoisotopic (exact) mass is 920 g/mol. The average molecular weight is 921 g/mol. The number of thiophene rings is 2. The highest BCUT2D eigenvalue weighted by Crippen LogP contribution is 2.48. The van der Waals surface area contributed by atoms with Crippen molar-refractivity contribution in [3.8, 4) is 19.8 Å². The predicted octanol–water partition coefficient (Wildman–Crippen LogP) is 13.3. The van der Waals surface area contributed by atoms with E-state index in [-0.39, 0.29) is 0 Å². The molecule has 2 nitrogen and oxygen atoms in total. The standard InChI is InChI=1S/C34H46I2N2S4Si2/c1-17(2)43(18(3)4,19(5)6)25-15-13-23(39-25)33-37-29-27(35)32-30(28(36)31(29)41-33)38-34(42-32)24-14-16-26(40-24)44(20(7)8,21(9)10)22(11)12/h13-22H,1-12H3. The quantitative estimate of drug-likeness (QED) is 0.103. The molecule has 0 saturated carbocycles. The molecule has 0 aliphatic carbocycles. The van der Waals surface area contributed by atoms with Gasteiger partial charge in [0.2, 0.25) is 0 Å². The molecule has 0 N–H and O–H groups in total. The molecule has 10 heteroatoms. The van der Waals surface area contributed by atoms with Crippen LogP contribution in [0.15, 0.2) is 24.3 Å². The van der Waals surface area contributed by atoms with Crippen LogP contribution in [0.5, 0.6) is 0 Å². The Kier molecular flexibility index (Phi) is 10.8. The van der Waals surface area contributed by atoms with Gasteiger partial charge in [0, 0.05) is 0 Å². The van der Waals surface area contributed by atoms with Crippen molar-refractivity contribution in [1.29, 1.82) is 0 Å². The van der Waals surface area contributed by atoms with E-state index in [1.54, 1.807) is 9.00 Å². The van der Waals surface area contributed by atoms with Gasteiger partial charge in [0.05, 0.1) is 37.3 Å². The topological polar surface area (TPSA) is 25.8 Å². The molecule has 4 heterocycles. The number of benzene rings is 1. The van der Waals surface area contributed by atoms with Crippen molar-refractivity contribution in [2.24, 2.45) is 0 Å². The zero-order valence-corrected chi connectivity index (χ0v) is 37.6. The first-order valence-corrected chi connectivity index (χ1v) is 25.8. The molecular weight excluding hydrogens is 875 g/mol.